The third-order valence-corrected chi connectivity index (χ3v) is 4.61. The number of methoxy groups -OCH3 is 1. The smallest absolute Gasteiger partial charge is 0.306 e. The number of halogens is 1. The lowest BCUT2D eigenvalue weighted by molar-refractivity contribution is -0.144. The standard InChI is InChI=1S/C19H19BrO5/c1-22-15-5-2-13(3-6-15)4-7-19(21)25-12-14-10-17-18(11-16(14)20)24-9-8-23-17/h2-3,5-6,10-11H,4,7-9,12H2,1H3. The first-order valence-electron chi connectivity index (χ1n) is 8.02. The number of carbonyl (C=O) groups is 1. The van der Waals surface area contributed by atoms with E-state index in [-0.39, 0.29) is 12.6 Å². The quantitative estimate of drug-likeness (QED) is 0.680. The number of hydrogen-bond donors (Lipinski definition) is 0. The van der Waals surface area contributed by atoms with Gasteiger partial charge in [0.2, 0.25) is 0 Å². The lowest BCUT2D eigenvalue weighted by Gasteiger charge is -2.19. The number of ether oxygens (including phenoxy) is 4. The number of benzene rings is 2. The van der Waals surface area contributed by atoms with Crippen LogP contribution in [0.15, 0.2) is 40.9 Å². The molecule has 3 rings (SSSR count). The predicted octanol–water partition coefficient (Wildman–Crippen LogP) is 3.90. The second-order valence-electron chi connectivity index (χ2n) is 5.60. The summed E-state index contributed by atoms with van der Waals surface area (Å²) in [6, 6.07) is 11.3. The molecule has 0 N–H and O–H groups in total. The van der Waals surface area contributed by atoms with Crippen LogP contribution >= 0.6 is 15.9 Å². The molecule has 1 heterocycles. The van der Waals surface area contributed by atoms with E-state index in [0.29, 0.717) is 37.6 Å². The summed E-state index contributed by atoms with van der Waals surface area (Å²) in [5.74, 6) is 1.94. The fourth-order valence-corrected chi connectivity index (χ4v) is 2.92. The number of rotatable bonds is 6. The Morgan fingerprint density at radius 2 is 1.80 bits per heavy atom. The van der Waals surface area contributed by atoms with Crippen molar-refractivity contribution in [1.29, 1.82) is 0 Å². The molecule has 0 aliphatic carbocycles. The van der Waals surface area contributed by atoms with Crippen LogP contribution in [-0.2, 0) is 22.6 Å². The van der Waals surface area contributed by atoms with Crippen molar-refractivity contribution in [3.63, 3.8) is 0 Å². The first kappa shape index (κ1) is 17.6. The Hall–Kier alpha value is -2.21. The molecule has 1 aliphatic rings. The minimum Gasteiger partial charge on any atom is -0.497 e. The Balaban J connectivity index is 1.51. The van der Waals surface area contributed by atoms with Gasteiger partial charge < -0.3 is 18.9 Å². The molecule has 132 valence electrons. The van der Waals surface area contributed by atoms with Crippen LogP contribution in [0.3, 0.4) is 0 Å². The van der Waals surface area contributed by atoms with Gasteiger partial charge in [-0.3, -0.25) is 4.79 Å². The van der Waals surface area contributed by atoms with E-state index in [0.717, 1.165) is 21.3 Å². The van der Waals surface area contributed by atoms with Crippen LogP contribution in [0, 0.1) is 0 Å². The highest BCUT2D eigenvalue weighted by atomic mass is 79.9. The lowest BCUT2D eigenvalue weighted by atomic mass is 10.1. The van der Waals surface area contributed by atoms with Crippen LogP contribution in [0.5, 0.6) is 17.2 Å². The minimum atomic E-state index is -0.238. The van der Waals surface area contributed by atoms with Crippen LogP contribution < -0.4 is 14.2 Å². The van der Waals surface area contributed by atoms with Crippen LogP contribution in [0.25, 0.3) is 0 Å². The molecule has 0 unspecified atom stereocenters. The summed E-state index contributed by atoms with van der Waals surface area (Å²) in [4.78, 5) is 12.0. The van der Waals surface area contributed by atoms with Crippen molar-refractivity contribution >= 4 is 21.9 Å². The lowest BCUT2D eigenvalue weighted by Crippen LogP contribution is -2.15. The molecule has 1 aliphatic heterocycles. The largest absolute Gasteiger partial charge is 0.497 e. The molecule has 0 amide bonds. The maximum atomic E-state index is 12.0. The molecule has 0 bridgehead atoms. The normalized spacial score (nSPS) is 12.6. The second kappa shape index (κ2) is 8.25. The van der Waals surface area contributed by atoms with Gasteiger partial charge in [-0.05, 0) is 36.2 Å². The van der Waals surface area contributed by atoms with Crippen molar-refractivity contribution in [3.05, 3.63) is 52.0 Å². The SMILES string of the molecule is COc1ccc(CCC(=O)OCc2cc3c(cc2Br)OCCO3)cc1. The highest BCUT2D eigenvalue weighted by Gasteiger charge is 2.15. The van der Waals surface area contributed by atoms with Crippen LogP contribution in [-0.4, -0.2) is 26.3 Å². The summed E-state index contributed by atoms with van der Waals surface area (Å²) in [5.41, 5.74) is 1.92. The molecule has 2 aromatic rings. The zero-order valence-electron chi connectivity index (χ0n) is 13.9. The van der Waals surface area contributed by atoms with E-state index in [1.807, 2.05) is 36.4 Å². The molecule has 0 fully saturated rings. The molecule has 0 saturated carbocycles. The predicted molar refractivity (Wildman–Crippen MR) is 96.2 cm³/mol. The van der Waals surface area contributed by atoms with Gasteiger partial charge >= 0.3 is 5.97 Å². The first-order chi connectivity index (χ1) is 12.2. The number of hydrogen-bond acceptors (Lipinski definition) is 5. The minimum absolute atomic E-state index is 0.193. The molecule has 0 atom stereocenters. The van der Waals surface area contributed by atoms with E-state index in [9.17, 15) is 4.79 Å². The van der Waals surface area contributed by atoms with Crippen molar-refractivity contribution in [2.45, 2.75) is 19.4 Å². The zero-order valence-corrected chi connectivity index (χ0v) is 15.5. The van der Waals surface area contributed by atoms with Gasteiger partial charge in [-0.25, -0.2) is 0 Å². The number of aryl methyl sites for hydroxylation is 1. The van der Waals surface area contributed by atoms with Gasteiger partial charge in [-0.2, -0.15) is 0 Å². The van der Waals surface area contributed by atoms with E-state index in [1.165, 1.54) is 0 Å². The third-order valence-electron chi connectivity index (χ3n) is 3.88. The van der Waals surface area contributed by atoms with E-state index in [1.54, 1.807) is 7.11 Å². The van der Waals surface area contributed by atoms with Gasteiger partial charge in [-0.15, -0.1) is 0 Å². The average Bonchev–Trinajstić information content (AvgIpc) is 2.65. The molecule has 6 heteroatoms. The number of esters is 1. The van der Waals surface area contributed by atoms with Gasteiger partial charge in [0.05, 0.1) is 7.11 Å². The van der Waals surface area contributed by atoms with Gasteiger partial charge in [0.25, 0.3) is 0 Å². The highest BCUT2D eigenvalue weighted by molar-refractivity contribution is 9.10. The van der Waals surface area contributed by atoms with Crippen molar-refractivity contribution in [2.75, 3.05) is 20.3 Å². The van der Waals surface area contributed by atoms with Gasteiger partial charge in [0.15, 0.2) is 11.5 Å². The average molecular weight is 407 g/mol. The summed E-state index contributed by atoms with van der Waals surface area (Å²) in [7, 11) is 1.63. The second-order valence-corrected chi connectivity index (χ2v) is 6.45. The molecule has 2 aromatic carbocycles. The Labute approximate surface area is 155 Å². The van der Waals surface area contributed by atoms with E-state index < -0.39 is 0 Å². The maximum absolute atomic E-state index is 12.0. The van der Waals surface area contributed by atoms with Gasteiger partial charge in [0.1, 0.15) is 25.6 Å². The number of fused-ring (bicyclic) bond motifs is 1. The van der Waals surface area contributed by atoms with Gasteiger partial charge in [0, 0.05) is 16.5 Å². The molecule has 25 heavy (non-hydrogen) atoms. The van der Waals surface area contributed by atoms with Crippen LogP contribution in [0.1, 0.15) is 17.5 Å². The Kier molecular flexibility index (Phi) is 5.81. The summed E-state index contributed by atoms with van der Waals surface area (Å²) in [6.45, 7) is 1.26. The third kappa shape index (κ3) is 4.66. The number of carbonyl (C=O) groups excluding carboxylic acids is 1. The molecule has 0 aromatic heterocycles. The maximum Gasteiger partial charge on any atom is 0.306 e. The van der Waals surface area contributed by atoms with Crippen LogP contribution in [0.4, 0.5) is 0 Å². The van der Waals surface area contributed by atoms with Crippen molar-refractivity contribution in [1.82, 2.24) is 0 Å². The Morgan fingerprint density at radius 1 is 1.12 bits per heavy atom. The van der Waals surface area contributed by atoms with Crippen molar-refractivity contribution < 1.29 is 23.7 Å². The molecular weight excluding hydrogens is 388 g/mol. The van der Waals surface area contributed by atoms with E-state index in [4.69, 9.17) is 18.9 Å². The Bertz CT molecular complexity index is 742. The monoisotopic (exact) mass is 406 g/mol. The summed E-state index contributed by atoms with van der Waals surface area (Å²) < 4.78 is 22.4. The molecule has 0 spiro atoms. The van der Waals surface area contributed by atoms with Crippen molar-refractivity contribution in [2.24, 2.45) is 0 Å². The Morgan fingerprint density at radius 3 is 2.48 bits per heavy atom. The fourth-order valence-electron chi connectivity index (χ4n) is 2.49. The highest BCUT2D eigenvalue weighted by Crippen LogP contribution is 2.35. The van der Waals surface area contributed by atoms with Crippen LogP contribution in [0.2, 0.25) is 0 Å². The molecule has 0 radical (unpaired) electrons. The first-order valence-corrected chi connectivity index (χ1v) is 8.81. The summed E-state index contributed by atoms with van der Waals surface area (Å²) in [5, 5.41) is 0. The fraction of sp³-hybridized carbons (Fsp3) is 0.316. The molecular formula is C19H19BrO5. The van der Waals surface area contributed by atoms with E-state index in [2.05, 4.69) is 15.9 Å². The molecule has 0 saturated heterocycles. The van der Waals surface area contributed by atoms with E-state index >= 15 is 0 Å². The van der Waals surface area contributed by atoms with Gasteiger partial charge in [-0.1, -0.05) is 28.1 Å². The zero-order chi connectivity index (χ0) is 17.6. The molecule has 5 nitrogen and oxygen atoms in total. The van der Waals surface area contributed by atoms with Crippen molar-refractivity contribution in [3.8, 4) is 17.2 Å². The topological polar surface area (TPSA) is 54.0 Å². The summed E-state index contributed by atoms with van der Waals surface area (Å²) in [6.07, 6.45) is 0.958. The summed E-state index contributed by atoms with van der Waals surface area (Å²) >= 11 is 3.48.